The topological polar surface area (TPSA) is 86.1 Å². The summed E-state index contributed by atoms with van der Waals surface area (Å²) in [5, 5.41) is 6.82. The lowest BCUT2D eigenvalue weighted by molar-refractivity contribution is -0.141. The number of carbonyl (C=O) groups is 1. The van der Waals surface area contributed by atoms with Crippen molar-refractivity contribution in [3.8, 4) is 0 Å². The van der Waals surface area contributed by atoms with Crippen molar-refractivity contribution in [3.63, 3.8) is 0 Å². The molecule has 8 heteroatoms. The average molecular weight is 309 g/mol. The summed E-state index contributed by atoms with van der Waals surface area (Å²) in [7, 11) is 1.23. The number of nitrogens with one attached hydrogen (secondary N) is 1. The zero-order chi connectivity index (χ0) is 15.2. The van der Waals surface area contributed by atoms with Crippen LogP contribution in [0.25, 0.3) is 0 Å². The molecular weight excluding hydrogens is 296 g/mol. The van der Waals surface area contributed by atoms with E-state index in [1.54, 1.807) is 6.20 Å². The molecule has 2 rings (SSSR count). The van der Waals surface area contributed by atoms with Gasteiger partial charge in [-0.3, -0.25) is 14.6 Å². The number of pyridine rings is 1. The molecule has 0 aliphatic carbocycles. The van der Waals surface area contributed by atoms with Gasteiger partial charge < -0.3 is 10.1 Å². The van der Waals surface area contributed by atoms with Crippen molar-refractivity contribution in [2.24, 2.45) is 0 Å². The van der Waals surface area contributed by atoms with Crippen LogP contribution < -0.4 is 10.9 Å². The van der Waals surface area contributed by atoms with Crippen LogP contribution in [0.2, 0.25) is 5.02 Å². The standard InChI is InChI=1S/C13H13ClN4O3/c1-21-11(19)8-18-13(20)12(14)10(7-17-18)16-6-9-4-2-3-5-15-9/h2-5,7,16H,6,8H2,1H3. The number of anilines is 1. The molecule has 0 fully saturated rings. The fourth-order valence-electron chi connectivity index (χ4n) is 1.58. The van der Waals surface area contributed by atoms with Gasteiger partial charge in [-0.05, 0) is 12.1 Å². The van der Waals surface area contributed by atoms with Crippen LogP contribution in [0.1, 0.15) is 5.69 Å². The highest BCUT2D eigenvalue weighted by molar-refractivity contribution is 6.32. The molecule has 2 aromatic rings. The molecule has 0 saturated heterocycles. The maximum Gasteiger partial charge on any atom is 0.327 e. The van der Waals surface area contributed by atoms with Crippen LogP contribution >= 0.6 is 11.6 Å². The van der Waals surface area contributed by atoms with E-state index in [2.05, 4.69) is 20.1 Å². The van der Waals surface area contributed by atoms with Gasteiger partial charge in [0.2, 0.25) is 0 Å². The molecule has 0 unspecified atom stereocenters. The molecule has 0 amide bonds. The maximum absolute atomic E-state index is 12.0. The predicted octanol–water partition coefficient (Wildman–Crippen LogP) is 1.08. The third-order valence-electron chi connectivity index (χ3n) is 2.68. The fraction of sp³-hybridized carbons (Fsp3) is 0.231. The maximum atomic E-state index is 12.0. The molecule has 110 valence electrons. The minimum absolute atomic E-state index is 0.0372. The number of carbonyl (C=O) groups excluding carboxylic acids is 1. The zero-order valence-corrected chi connectivity index (χ0v) is 12.0. The normalized spacial score (nSPS) is 10.2. The first-order valence-electron chi connectivity index (χ1n) is 6.08. The van der Waals surface area contributed by atoms with Crippen LogP contribution in [-0.4, -0.2) is 27.8 Å². The first-order valence-corrected chi connectivity index (χ1v) is 6.46. The molecule has 2 aromatic heterocycles. The van der Waals surface area contributed by atoms with E-state index in [9.17, 15) is 9.59 Å². The van der Waals surface area contributed by atoms with Crippen molar-refractivity contribution in [2.75, 3.05) is 12.4 Å². The number of hydrogen-bond acceptors (Lipinski definition) is 6. The lowest BCUT2D eigenvalue weighted by Gasteiger charge is -2.09. The zero-order valence-electron chi connectivity index (χ0n) is 11.2. The van der Waals surface area contributed by atoms with Crippen molar-refractivity contribution in [2.45, 2.75) is 13.1 Å². The van der Waals surface area contributed by atoms with Crippen LogP contribution in [0.4, 0.5) is 5.69 Å². The Morgan fingerprint density at radius 2 is 2.29 bits per heavy atom. The van der Waals surface area contributed by atoms with Gasteiger partial charge in [0.25, 0.3) is 5.56 Å². The summed E-state index contributed by atoms with van der Waals surface area (Å²) in [6.45, 7) is 0.123. The van der Waals surface area contributed by atoms with E-state index in [0.717, 1.165) is 10.4 Å². The number of nitrogens with zero attached hydrogens (tertiary/aromatic N) is 3. The van der Waals surface area contributed by atoms with E-state index in [-0.39, 0.29) is 11.6 Å². The second kappa shape index (κ2) is 6.85. The quantitative estimate of drug-likeness (QED) is 0.832. The predicted molar refractivity (Wildman–Crippen MR) is 77.1 cm³/mol. The highest BCUT2D eigenvalue weighted by Gasteiger charge is 2.12. The van der Waals surface area contributed by atoms with Crippen LogP contribution in [0.3, 0.4) is 0 Å². The number of esters is 1. The summed E-state index contributed by atoms with van der Waals surface area (Å²) in [6.07, 6.45) is 3.06. The van der Waals surface area contributed by atoms with E-state index >= 15 is 0 Å². The Morgan fingerprint density at radius 3 is 2.95 bits per heavy atom. The second-order valence-corrected chi connectivity index (χ2v) is 4.46. The Kier molecular flexibility index (Phi) is 4.89. The van der Waals surface area contributed by atoms with Gasteiger partial charge in [0.1, 0.15) is 11.6 Å². The molecule has 0 atom stereocenters. The van der Waals surface area contributed by atoms with E-state index in [4.69, 9.17) is 11.6 Å². The highest BCUT2D eigenvalue weighted by atomic mass is 35.5. The van der Waals surface area contributed by atoms with Gasteiger partial charge in [0, 0.05) is 6.20 Å². The van der Waals surface area contributed by atoms with Crippen molar-refractivity contribution >= 4 is 23.3 Å². The SMILES string of the molecule is COC(=O)Cn1ncc(NCc2ccccn2)c(Cl)c1=O. The minimum atomic E-state index is -0.574. The summed E-state index contributed by atoms with van der Waals surface area (Å²) in [5.41, 5.74) is 0.619. The van der Waals surface area contributed by atoms with Gasteiger partial charge in [0.15, 0.2) is 0 Å². The van der Waals surface area contributed by atoms with E-state index < -0.39 is 11.5 Å². The van der Waals surface area contributed by atoms with Crippen molar-refractivity contribution in [1.82, 2.24) is 14.8 Å². The average Bonchev–Trinajstić information content (AvgIpc) is 2.52. The van der Waals surface area contributed by atoms with Crippen LogP contribution in [0.15, 0.2) is 35.4 Å². The molecule has 2 heterocycles. The Balaban J connectivity index is 2.13. The molecule has 0 aromatic carbocycles. The Hall–Kier alpha value is -2.41. The Morgan fingerprint density at radius 1 is 1.48 bits per heavy atom. The monoisotopic (exact) mass is 308 g/mol. The third kappa shape index (κ3) is 3.79. The van der Waals surface area contributed by atoms with Crippen molar-refractivity contribution in [3.05, 3.63) is 51.7 Å². The summed E-state index contributed by atoms with van der Waals surface area (Å²) in [6, 6.07) is 5.51. The van der Waals surface area contributed by atoms with E-state index in [1.807, 2.05) is 18.2 Å². The number of aromatic nitrogens is 3. The Labute approximate surface area is 125 Å². The number of halogens is 1. The van der Waals surface area contributed by atoms with Crippen LogP contribution in [0, 0.1) is 0 Å². The van der Waals surface area contributed by atoms with E-state index in [1.165, 1.54) is 13.3 Å². The summed E-state index contributed by atoms with van der Waals surface area (Å²) >= 11 is 5.98. The lowest BCUT2D eigenvalue weighted by Crippen LogP contribution is -2.28. The second-order valence-electron chi connectivity index (χ2n) is 4.09. The summed E-state index contributed by atoms with van der Waals surface area (Å²) in [5.74, 6) is -0.574. The number of methoxy groups -OCH3 is 1. The fourth-order valence-corrected chi connectivity index (χ4v) is 1.79. The molecule has 21 heavy (non-hydrogen) atoms. The lowest BCUT2D eigenvalue weighted by atomic mass is 10.3. The van der Waals surface area contributed by atoms with Crippen molar-refractivity contribution in [1.29, 1.82) is 0 Å². The third-order valence-corrected chi connectivity index (χ3v) is 3.04. The van der Waals surface area contributed by atoms with Crippen LogP contribution in [0.5, 0.6) is 0 Å². The molecule has 1 N–H and O–H groups in total. The molecule has 0 aliphatic rings. The first kappa shape index (κ1) is 15.0. The number of ether oxygens (including phenoxy) is 1. The molecule has 7 nitrogen and oxygen atoms in total. The number of rotatable bonds is 5. The van der Waals surface area contributed by atoms with Crippen LogP contribution in [-0.2, 0) is 22.6 Å². The molecule has 0 saturated carbocycles. The summed E-state index contributed by atoms with van der Waals surface area (Å²) < 4.78 is 5.42. The molecule has 0 aliphatic heterocycles. The van der Waals surface area contributed by atoms with Gasteiger partial charge in [-0.25, -0.2) is 4.68 Å². The minimum Gasteiger partial charge on any atom is -0.468 e. The van der Waals surface area contributed by atoms with Gasteiger partial charge in [0.05, 0.1) is 31.2 Å². The smallest absolute Gasteiger partial charge is 0.327 e. The molecule has 0 bridgehead atoms. The van der Waals surface area contributed by atoms with Gasteiger partial charge in [-0.15, -0.1) is 0 Å². The first-order chi connectivity index (χ1) is 10.1. The van der Waals surface area contributed by atoms with Crippen molar-refractivity contribution < 1.29 is 9.53 Å². The van der Waals surface area contributed by atoms with Gasteiger partial charge in [-0.2, -0.15) is 5.10 Å². The largest absolute Gasteiger partial charge is 0.468 e. The summed E-state index contributed by atoms with van der Waals surface area (Å²) in [4.78, 5) is 27.3. The Bertz CT molecular complexity index is 688. The van der Waals surface area contributed by atoms with Gasteiger partial charge in [-0.1, -0.05) is 17.7 Å². The van der Waals surface area contributed by atoms with Gasteiger partial charge >= 0.3 is 5.97 Å². The van der Waals surface area contributed by atoms with E-state index in [0.29, 0.717) is 12.2 Å². The molecular formula is C13H13ClN4O3. The number of hydrogen-bond donors (Lipinski definition) is 1. The highest BCUT2D eigenvalue weighted by Crippen LogP contribution is 2.15. The molecule has 0 radical (unpaired) electrons. The molecule has 0 spiro atoms.